The van der Waals surface area contributed by atoms with Crippen LogP contribution in [0.25, 0.3) is 0 Å². The van der Waals surface area contributed by atoms with E-state index in [0.29, 0.717) is 16.9 Å². The van der Waals surface area contributed by atoms with Gasteiger partial charge in [-0.3, -0.25) is 19.9 Å². The van der Waals surface area contributed by atoms with Gasteiger partial charge >= 0.3 is 12.0 Å². The van der Waals surface area contributed by atoms with Crippen LogP contribution in [0.15, 0.2) is 22.7 Å². The van der Waals surface area contributed by atoms with E-state index in [0.717, 1.165) is 31.9 Å². The summed E-state index contributed by atoms with van der Waals surface area (Å²) < 4.78 is 23.5. The largest absolute Gasteiger partial charge is 0.481 e. The number of carbonyl (C=O) groups is 3. The maximum absolute atomic E-state index is 12.7. The second-order valence-corrected chi connectivity index (χ2v) is 10.2. The Morgan fingerprint density at radius 2 is 1.93 bits per heavy atom. The van der Waals surface area contributed by atoms with E-state index >= 15 is 0 Å². The molecule has 1 aliphatic rings. The third kappa shape index (κ3) is 5.19. The molecule has 0 atom stereocenters. The Kier molecular flexibility index (Phi) is 6.46. The van der Waals surface area contributed by atoms with Crippen LogP contribution in [0.1, 0.15) is 41.7 Å². The molecule has 160 valence electrons. The fourth-order valence-corrected chi connectivity index (χ4v) is 5.39. The second kappa shape index (κ2) is 8.88. The van der Waals surface area contributed by atoms with E-state index in [4.69, 9.17) is 5.11 Å². The molecule has 2 aromatic rings. The van der Waals surface area contributed by atoms with Gasteiger partial charge in [0.1, 0.15) is 4.21 Å². The number of sulfone groups is 1. The molecule has 3 N–H and O–H groups in total. The monoisotopic (exact) mass is 452 g/mol. The molecule has 0 aliphatic heterocycles. The summed E-state index contributed by atoms with van der Waals surface area (Å²) in [5.41, 5.74) is 0.443. The molecule has 0 bridgehead atoms. The van der Waals surface area contributed by atoms with Crippen LogP contribution in [-0.4, -0.2) is 47.5 Å². The van der Waals surface area contributed by atoms with Gasteiger partial charge in [-0.25, -0.2) is 18.2 Å². The first kappa shape index (κ1) is 21.8. The summed E-state index contributed by atoms with van der Waals surface area (Å²) >= 11 is 0.665. The van der Waals surface area contributed by atoms with Crippen LogP contribution in [0.4, 0.5) is 15.6 Å². The van der Waals surface area contributed by atoms with Crippen molar-refractivity contribution in [1.82, 2.24) is 9.97 Å². The number of thiazole rings is 1. The van der Waals surface area contributed by atoms with Crippen LogP contribution < -0.4 is 10.6 Å². The third-order valence-corrected chi connectivity index (χ3v) is 7.47. The summed E-state index contributed by atoms with van der Waals surface area (Å²) in [4.78, 5) is 44.0. The molecular formula is C18H20N4O6S2. The minimum atomic E-state index is -3.71. The average molecular weight is 453 g/mol. The van der Waals surface area contributed by atoms with Gasteiger partial charge in [0.25, 0.3) is 0 Å². The molecule has 12 heteroatoms. The Labute approximate surface area is 176 Å². The molecule has 1 aliphatic carbocycles. The number of hydrogen-bond donors (Lipinski definition) is 3. The number of aromatic nitrogens is 2. The predicted octanol–water partition coefficient (Wildman–Crippen LogP) is 2.59. The van der Waals surface area contributed by atoms with Crippen molar-refractivity contribution in [3.63, 3.8) is 0 Å². The fourth-order valence-electron chi connectivity index (χ4n) is 3.29. The zero-order valence-corrected chi connectivity index (χ0v) is 17.7. The molecule has 1 saturated carbocycles. The number of amides is 2. The third-order valence-electron chi connectivity index (χ3n) is 4.60. The van der Waals surface area contributed by atoms with Crippen LogP contribution in [0.2, 0.25) is 0 Å². The normalized spacial score (nSPS) is 14.4. The zero-order chi connectivity index (χ0) is 21.9. The van der Waals surface area contributed by atoms with E-state index in [2.05, 4.69) is 20.6 Å². The smallest absolute Gasteiger partial charge is 0.325 e. The number of hydrogen-bond acceptors (Lipinski definition) is 8. The highest BCUT2D eigenvalue weighted by atomic mass is 32.2. The Morgan fingerprint density at radius 1 is 1.23 bits per heavy atom. The van der Waals surface area contributed by atoms with Gasteiger partial charge < -0.3 is 10.4 Å². The second-order valence-electron chi connectivity index (χ2n) is 6.94. The summed E-state index contributed by atoms with van der Waals surface area (Å²) in [6.07, 6.45) is 6.79. The molecule has 1 fully saturated rings. The van der Waals surface area contributed by atoms with Gasteiger partial charge in [-0.1, -0.05) is 24.2 Å². The van der Waals surface area contributed by atoms with Crippen molar-refractivity contribution in [2.75, 3.05) is 16.9 Å². The maximum atomic E-state index is 12.7. The van der Waals surface area contributed by atoms with Gasteiger partial charge in [0.15, 0.2) is 20.8 Å². The van der Waals surface area contributed by atoms with Crippen molar-refractivity contribution in [3.05, 3.63) is 29.7 Å². The number of urea groups is 1. The number of carboxylic acids is 1. The molecule has 30 heavy (non-hydrogen) atoms. The number of Topliss-reactive ketones (excluding diaryl/α,β-unsaturated/α-hetero) is 1. The molecule has 2 amide bonds. The van der Waals surface area contributed by atoms with Gasteiger partial charge in [-0.15, -0.1) is 0 Å². The summed E-state index contributed by atoms with van der Waals surface area (Å²) in [7, 11) is -3.71. The minimum Gasteiger partial charge on any atom is -0.481 e. The molecular weight excluding hydrogens is 432 g/mol. The van der Waals surface area contributed by atoms with Crippen LogP contribution in [0, 0.1) is 5.92 Å². The van der Waals surface area contributed by atoms with Gasteiger partial charge in [0, 0.05) is 24.6 Å². The van der Waals surface area contributed by atoms with Crippen molar-refractivity contribution in [2.45, 2.75) is 36.3 Å². The van der Waals surface area contributed by atoms with Crippen molar-refractivity contribution in [3.8, 4) is 0 Å². The van der Waals surface area contributed by atoms with Crippen LogP contribution in [0.3, 0.4) is 0 Å². The molecule has 0 unspecified atom stereocenters. The van der Waals surface area contributed by atoms with Gasteiger partial charge in [-0.2, -0.15) is 0 Å². The topological polar surface area (TPSA) is 155 Å². The van der Waals surface area contributed by atoms with E-state index in [-0.39, 0.29) is 32.4 Å². The summed E-state index contributed by atoms with van der Waals surface area (Å²) in [6.45, 7) is 0. The lowest BCUT2D eigenvalue weighted by molar-refractivity contribution is -0.136. The highest BCUT2D eigenvalue weighted by Gasteiger charge is 2.27. The number of anilines is 2. The summed E-state index contributed by atoms with van der Waals surface area (Å²) in [5.74, 6) is -1.41. The van der Waals surface area contributed by atoms with Crippen LogP contribution in [0.5, 0.6) is 0 Å². The number of carbonyl (C=O) groups excluding carboxylic acids is 2. The van der Waals surface area contributed by atoms with Crippen molar-refractivity contribution < 1.29 is 27.9 Å². The highest BCUT2D eigenvalue weighted by molar-refractivity contribution is 7.92. The molecule has 2 aromatic heterocycles. The Balaban J connectivity index is 1.77. The summed E-state index contributed by atoms with van der Waals surface area (Å²) in [6, 6.07) is 0.763. The first-order chi connectivity index (χ1) is 14.1. The fraction of sp³-hybridized carbons (Fsp3) is 0.389. The SMILES string of the molecule is CS(=O)(=O)c1sc(NC(=O)Nc2ccncc2C(=O)C2CCCC2)nc1CC(=O)O. The van der Waals surface area contributed by atoms with E-state index in [9.17, 15) is 22.8 Å². The highest BCUT2D eigenvalue weighted by Crippen LogP contribution is 2.31. The molecule has 2 heterocycles. The number of carboxylic acid groups (broad SMARTS) is 1. The molecule has 3 rings (SSSR count). The number of pyridine rings is 1. The zero-order valence-electron chi connectivity index (χ0n) is 16.0. The minimum absolute atomic E-state index is 0.0677. The lowest BCUT2D eigenvalue weighted by atomic mass is 9.96. The van der Waals surface area contributed by atoms with Crippen LogP contribution in [-0.2, 0) is 21.1 Å². The van der Waals surface area contributed by atoms with E-state index < -0.39 is 28.3 Å². The lowest BCUT2D eigenvalue weighted by Gasteiger charge is -2.13. The number of aliphatic carboxylic acids is 1. The maximum Gasteiger partial charge on any atom is 0.325 e. The number of rotatable bonds is 7. The molecule has 0 aromatic carbocycles. The van der Waals surface area contributed by atoms with Gasteiger partial charge in [-0.05, 0) is 18.9 Å². The van der Waals surface area contributed by atoms with E-state index in [1.165, 1.54) is 18.5 Å². The average Bonchev–Trinajstić information content (AvgIpc) is 3.31. The number of nitrogens with one attached hydrogen (secondary N) is 2. The molecule has 0 spiro atoms. The number of ketones is 1. The quantitative estimate of drug-likeness (QED) is 0.541. The molecule has 0 saturated heterocycles. The van der Waals surface area contributed by atoms with Crippen molar-refractivity contribution in [1.29, 1.82) is 0 Å². The predicted molar refractivity (Wildman–Crippen MR) is 110 cm³/mol. The Bertz CT molecular complexity index is 1090. The van der Waals surface area contributed by atoms with Gasteiger partial charge in [0.05, 0.1) is 23.4 Å². The van der Waals surface area contributed by atoms with E-state index in [1.54, 1.807) is 0 Å². The first-order valence-corrected chi connectivity index (χ1v) is 11.8. The summed E-state index contributed by atoms with van der Waals surface area (Å²) in [5, 5.41) is 13.8. The van der Waals surface area contributed by atoms with Crippen molar-refractivity contribution in [2.24, 2.45) is 5.92 Å². The van der Waals surface area contributed by atoms with Gasteiger partial charge in [0.2, 0.25) is 0 Å². The van der Waals surface area contributed by atoms with Crippen molar-refractivity contribution >= 4 is 49.8 Å². The Morgan fingerprint density at radius 3 is 2.57 bits per heavy atom. The first-order valence-electron chi connectivity index (χ1n) is 9.13. The van der Waals surface area contributed by atoms with Crippen LogP contribution >= 0.6 is 11.3 Å². The lowest BCUT2D eigenvalue weighted by Crippen LogP contribution is -2.22. The van der Waals surface area contributed by atoms with E-state index in [1.807, 2.05) is 0 Å². The Hall–Kier alpha value is -2.86. The standard InChI is InChI=1S/C18H20N4O6S2/c1-30(27,28)16-13(8-14(23)24)21-18(29-16)22-17(26)20-12-6-7-19-9-11(12)15(25)10-4-2-3-5-10/h6-7,9-10H,2-5,8H2,1H3,(H,23,24)(H2,19,20,21,22,26). The number of nitrogens with zero attached hydrogens (tertiary/aromatic N) is 2. The molecule has 0 radical (unpaired) electrons. The molecule has 10 nitrogen and oxygen atoms in total.